The number of fused-ring (bicyclic) bond motifs is 8. The van der Waals surface area contributed by atoms with E-state index in [4.69, 9.17) is 14.3 Å². The minimum Gasteiger partial charge on any atom is -0.399 e. The van der Waals surface area contributed by atoms with E-state index in [9.17, 15) is 4.39 Å². The van der Waals surface area contributed by atoms with Crippen LogP contribution in [0.25, 0.3) is 65.6 Å². The molecule has 6 aromatic carbocycles. The first-order valence-corrected chi connectivity index (χ1v) is 15.1. The normalized spacial score (nSPS) is 16.0. The molecule has 0 radical (unpaired) electrons. The molecule has 1 aromatic heterocycles. The molecular weight excluding hydrogens is 544 g/mol. The Morgan fingerprint density at radius 3 is 1.77 bits per heavy atom. The molecule has 0 saturated carbocycles. The van der Waals surface area contributed by atoms with Crippen LogP contribution in [0.15, 0.2) is 115 Å². The third-order valence-corrected chi connectivity index (χ3v) is 9.53. The lowest BCUT2D eigenvalue weighted by Gasteiger charge is -2.32. The highest BCUT2D eigenvalue weighted by Gasteiger charge is 2.51. The van der Waals surface area contributed by atoms with Crippen molar-refractivity contribution in [3.05, 3.63) is 121 Å². The monoisotopic (exact) mass is 575 g/mol. The summed E-state index contributed by atoms with van der Waals surface area (Å²) in [5, 5.41) is 8.00. The van der Waals surface area contributed by atoms with Gasteiger partial charge in [0.25, 0.3) is 0 Å². The highest BCUT2D eigenvalue weighted by atomic mass is 19.1. The Labute approximate surface area is 256 Å². The Kier molecular flexibility index (Phi) is 5.96. The summed E-state index contributed by atoms with van der Waals surface area (Å²) in [6.45, 7) is 8.28. The molecule has 2 heterocycles. The third kappa shape index (κ3) is 4.15. The predicted octanol–water partition coefficient (Wildman–Crippen LogP) is 9.47. The third-order valence-electron chi connectivity index (χ3n) is 9.53. The van der Waals surface area contributed by atoms with Gasteiger partial charge in [-0.1, -0.05) is 84.9 Å². The van der Waals surface area contributed by atoms with E-state index in [2.05, 4.69) is 119 Å². The zero-order valence-electron chi connectivity index (χ0n) is 25.2. The number of hydrogen-bond donors (Lipinski definition) is 0. The number of aromatic nitrogens is 1. The Balaban J connectivity index is 1.38. The van der Waals surface area contributed by atoms with Gasteiger partial charge in [-0.05, 0) is 96.2 Å². The molecule has 3 nitrogen and oxygen atoms in total. The van der Waals surface area contributed by atoms with Crippen molar-refractivity contribution in [1.29, 1.82) is 0 Å². The molecule has 1 fully saturated rings. The van der Waals surface area contributed by atoms with Gasteiger partial charge in [0, 0.05) is 21.7 Å². The van der Waals surface area contributed by atoms with Gasteiger partial charge >= 0.3 is 7.12 Å². The lowest BCUT2D eigenvalue weighted by molar-refractivity contribution is 0.00578. The summed E-state index contributed by atoms with van der Waals surface area (Å²) in [4.78, 5) is 5.31. The minimum absolute atomic E-state index is 0.265. The van der Waals surface area contributed by atoms with Crippen molar-refractivity contribution in [2.45, 2.75) is 38.9 Å². The van der Waals surface area contributed by atoms with Crippen LogP contribution in [0.1, 0.15) is 27.7 Å². The first kappa shape index (κ1) is 27.0. The van der Waals surface area contributed by atoms with Crippen LogP contribution in [-0.2, 0) is 9.31 Å². The van der Waals surface area contributed by atoms with Crippen molar-refractivity contribution in [1.82, 2.24) is 4.98 Å². The van der Waals surface area contributed by atoms with E-state index >= 15 is 0 Å². The fourth-order valence-corrected chi connectivity index (χ4v) is 6.52. The first-order valence-electron chi connectivity index (χ1n) is 15.1. The van der Waals surface area contributed by atoms with Gasteiger partial charge in [0.2, 0.25) is 0 Å². The first-order chi connectivity index (χ1) is 21.2. The summed E-state index contributed by atoms with van der Waals surface area (Å²) in [5.74, 6) is -0.265. The maximum absolute atomic E-state index is 14.1. The average molecular weight is 575 g/mol. The number of halogens is 1. The van der Waals surface area contributed by atoms with E-state index in [1.54, 1.807) is 0 Å². The van der Waals surface area contributed by atoms with Gasteiger partial charge in [-0.2, -0.15) is 0 Å². The second-order valence-corrected chi connectivity index (χ2v) is 12.8. The Morgan fingerprint density at radius 1 is 0.545 bits per heavy atom. The molecule has 7 aromatic rings. The summed E-state index contributed by atoms with van der Waals surface area (Å²) in [5.41, 5.74) is 4.89. The van der Waals surface area contributed by atoms with Crippen molar-refractivity contribution in [3.8, 4) is 22.4 Å². The number of pyridine rings is 1. The largest absolute Gasteiger partial charge is 0.494 e. The fraction of sp³-hybridized carbons (Fsp3) is 0.154. The van der Waals surface area contributed by atoms with E-state index in [0.29, 0.717) is 0 Å². The smallest absolute Gasteiger partial charge is 0.399 e. The lowest BCUT2D eigenvalue weighted by atomic mass is 9.78. The summed E-state index contributed by atoms with van der Waals surface area (Å²) in [6.07, 6.45) is 0. The molecule has 0 atom stereocenters. The molecule has 5 heteroatoms. The van der Waals surface area contributed by atoms with E-state index in [0.717, 1.165) is 54.9 Å². The van der Waals surface area contributed by atoms with Crippen LogP contribution in [0.2, 0.25) is 0 Å². The zero-order chi connectivity index (χ0) is 30.2. The van der Waals surface area contributed by atoms with Crippen LogP contribution in [-0.4, -0.2) is 23.3 Å². The van der Waals surface area contributed by atoms with Crippen molar-refractivity contribution in [3.63, 3.8) is 0 Å². The molecule has 214 valence electrons. The maximum atomic E-state index is 14.1. The molecule has 44 heavy (non-hydrogen) atoms. The number of benzene rings is 6. The van der Waals surface area contributed by atoms with Crippen LogP contribution in [0, 0.1) is 5.82 Å². The van der Waals surface area contributed by atoms with Gasteiger partial charge in [0.1, 0.15) is 5.82 Å². The molecule has 8 rings (SSSR count). The van der Waals surface area contributed by atoms with Crippen molar-refractivity contribution >= 4 is 55.8 Å². The summed E-state index contributed by atoms with van der Waals surface area (Å²) in [6, 6.07) is 38.6. The van der Waals surface area contributed by atoms with Gasteiger partial charge in [-0.15, -0.1) is 0 Å². The molecular formula is C39H31BFNO2. The standard InChI is InChI=1S/C39H31BFNO2/c1-38(2)39(3,4)44-40(43-38)27-11-9-10-25(22-27)26-18-21-33-34(23-26)42-37(24-16-19-28(41)20-17-24)36-32-15-8-6-13-30(32)29-12-5-7-14-31(29)35(33)36/h5-23H,1-4H3. The van der Waals surface area contributed by atoms with Crippen LogP contribution < -0.4 is 5.46 Å². The lowest BCUT2D eigenvalue weighted by Crippen LogP contribution is -2.41. The molecule has 1 aliphatic rings. The Bertz CT molecular complexity index is 2240. The van der Waals surface area contributed by atoms with Gasteiger partial charge in [-0.25, -0.2) is 9.37 Å². The van der Waals surface area contributed by atoms with Crippen LogP contribution >= 0.6 is 0 Å². The molecule has 0 unspecified atom stereocenters. The number of hydrogen-bond acceptors (Lipinski definition) is 3. The summed E-state index contributed by atoms with van der Waals surface area (Å²) in [7, 11) is -0.438. The van der Waals surface area contributed by atoms with E-state index < -0.39 is 18.3 Å². The minimum atomic E-state index is -0.438. The van der Waals surface area contributed by atoms with Gasteiger partial charge < -0.3 is 9.31 Å². The van der Waals surface area contributed by atoms with Gasteiger partial charge in [0.05, 0.1) is 22.4 Å². The Hall–Kier alpha value is -4.58. The van der Waals surface area contributed by atoms with E-state index in [1.807, 2.05) is 12.1 Å². The molecule has 1 saturated heterocycles. The molecule has 1 aliphatic heterocycles. The topological polar surface area (TPSA) is 31.4 Å². The SMILES string of the molecule is CC1(C)OB(c2cccc(-c3ccc4c(c3)nc(-c3ccc(F)cc3)c3c5ccccc5c5ccccc5c43)c2)OC1(C)C. The van der Waals surface area contributed by atoms with Crippen LogP contribution in [0.4, 0.5) is 4.39 Å². The number of nitrogens with zero attached hydrogens (tertiary/aromatic N) is 1. The summed E-state index contributed by atoms with van der Waals surface area (Å²) < 4.78 is 26.8. The molecule has 0 N–H and O–H groups in total. The number of rotatable bonds is 3. The van der Waals surface area contributed by atoms with Gasteiger partial charge in [0.15, 0.2) is 0 Å². The second-order valence-electron chi connectivity index (χ2n) is 12.8. The predicted molar refractivity (Wildman–Crippen MR) is 181 cm³/mol. The van der Waals surface area contributed by atoms with Crippen molar-refractivity contribution in [2.75, 3.05) is 0 Å². The van der Waals surface area contributed by atoms with Crippen LogP contribution in [0.5, 0.6) is 0 Å². The molecule has 0 spiro atoms. The Morgan fingerprint density at radius 2 is 1.11 bits per heavy atom. The summed E-state index contributed by atoms with van der Waals surface area (Å²) >= 11 is 0. The highest BCUT2D eigenvalue weighted by molar-refractivity contribution is 6.62. The van der Waals surface area contributed by atoms with E-state index in [-0.39, 0.29) is 5.82 Å². The molecule has 0 aliphatic carbocycles. The van der Waals surface area contributed by atoms with Crippen LogP contribution in [0.3, 0.4) is 0 Å². The van der Waals surface area contributed by atoms with Gasteiger partial charge in [-0.3, -0.25) is 0 Å². The quantitative estimate of drug-likeness (QED) is 0.155. The zero-order valence-corrected chi connectivity index (χ0v) is 25.2. The second kappa shape index (κ2) is 9.72. The highest BCUT2D eigenvalue weighted by Crippen LogP contribution is 2.43. The van der Waals surface area contributed by atoms with Crippen molar-refractivity contribution in [2.24, 2.45) is 0 Å². The van der Waals surface area contributed by atoms with E-state index in [1.165, 1.54) is 28.3 Å². The average Bonchev–Trinajstić information content (AvgIpc) is 3.26. The fourth-order valence-electron chi connectivity index (χ4n) is 6.52. The molecule has 0 bridgehead atoms. The van der Waals surface area contributed by atoms with Crippen molar-refractivity contribution < 1.29 is 13.7 Å². The maximum Gasteiger partial charge on any atom is 0.494 e. The molecule has 0 amide bonds.